The molecule has 2 fully saturated rings. The minimum absolute atomic E-state index is 0.457. The van der Waals surface area contributed by atoms with Gasteiger partial charge in [0.05, 0.1) is 6.10 Å². The number of hydrogen-bond acceptors (Lipinski definition) is 3. The van der Waals surface area contributed by atoms with E-state index in [2.05, 4.69) is 24.1 Å². The Hall–Kier alpha value is -0.120. The van der Waals surface area contributed by atoms with Crippen LogP contribution in [0, 0.1) is 5.92 Å². The quantitative estimate of drug-likeness (QED) is 0.833. The zero-order valence-electron chi connectivity index (χ0n) is 12.3. The normalized spacial score (nSPS) is 38.8. The lowest BCUT2D eigenvalue weighted by atomic mass is 9.81. The van der Waals surface area contributed by atoms with Gasteiger partial charge in [0.1, 0.15) is 0 Å². The summed E-state index contributed by atoms with van der Waals surface area (Å²) in [6, 6.07) is 1.42. The largest absolute Gasteiger partial charge is 0.380 e. The highest BCUT2D eigenvalue weighted by atomic mass is 16.5. The van der Waals surface area contributed by atoms with Crippen molar-refractivity contribution in [2.75, 3.05) is 26.7 Å². The Kier molecular flexibility index (Phi) is 5.46. The van der Waals surface area contributed by atoms with Gasteiger partial charge in [0, 0.05) is 25.7 Å². The second-order valence-corrected chi connectivity index (χ2v) is 6.14. The van der Waals surface area contributed by atoms with Crippen LogP contribution in [0.2, 0.25) is 0 Å². The predicted molar refractivity (Wildman–Crippen MR) is 75.9 cm³/mol. The van der Waals surface area contributed by atoms with Crippen LogP contribution in [0.5, 0.6) is 0 Å². The summed E-state index contributed by atoms with van der Waals surface area (Å²) >= 11 is 0. The minimum Gasteiger partial charge on any atom is -0.380 e. The first kappa shape index (κ1) is 14.3. The first-order valence-corrected chi connectivity index (χ1v) is 7.74. The molecule has 1 aliphatic carbocycles. The number of hydrogen-bond donors (Lipinski definition) is 1. The van der Waals surface area contributed by atoms with Crippen LogP contribution >= 0.6 is 0 Å². The molecule has 2 rings (SSSR count). The van der Waals surface area contributed by atoms with Crippen molar-refractivity contribution in [1.29, 1.82) is 0 Å². The lowest BCUT2D eigenvalue weighted by Crippen LogP contribution is -2.56. The molecular formula is C15H30N2O. The summed E-state index contributed by atoms with van der Waals surface area (Å²) < 4.78 is 5.57. The number of rotatable bonds is 4. The van der Waals surface area contributed by atoms with Crippen LogP contribution < -0.4 is 5.32 Å². The van der Waals surface area contributed by atoms with Gasteiger partial charge in [0.15, 0.2) is 0 Å². The molecule has 3 heteroatoms. The second-order valence-electron chi connectivity index (χ2n) is 6.14. The molecule has 1 heterocycles. The third-order valence-electron chi connectivity index (χ3n) is 4.76. The first-order valence-electron chi connectivity index (χ1n) is 7.74. The summed E-state index contributed by atoms with van der Waals surface area (Å²) in [5.74, 6) is 0.882. The van der Waals surface area contributed by atoms with Gasteiger partial charge < -0.3 is 10.1 Å². The Morgan fingerprint density at radius 3 is 2.83 bits per heavy atom. The predicted octanol–water partition coefficient (Wildman–Crippen LogP) is 2.26. The number of likely N-dealkylation sites (tertiary alicyclic amines) is 1. The topological polar surface area (TPSA) is 24.5 Å². The Labute approximate surface area is 112 Å². The molecule has 0 aromatic rings. The fourth-order valence-corrected chi connectivity index (χ4v) is 3.71. The molecule has 0 spiro atoms. The third kappa shape index (κ3) is 3.46. The molecule has 4 atom stereocenters. The van der Waals surface area contributed by atoms with Crippen LogP contribution in [0.3, 0.4) is 0 Å². The lowest BCUT2D eigenvalue weighted by Gasteiger charge is -2.45. The number of ether oxygens (including phenoxy) is 1. The van der Waals surface area contributed by atoms with Crippen molar-refractivity contribution in [2.45, 2.75) is 64.1 Å². The average Bonchev–Trinajstić information content (AvgIpc) is 2.41. The van der Waals surface area contributed by atoms with Crippen molar-refractivity contribution in [3.05, 3.63) is 0 Å². The van der Waals surface area contributed by atoms with Crippen molar-refractivity contribution >= 4 is 0 Å². The molecule has 2 aliphatic rings. The Morgan fingerprint density at radius 1 is 1.28 bits per heavy atom. The molecule has 1 N–H and O–H groups in total. The highest BCUT2D eigenvalue weighted by Crippen LogP contribution is 2.30. The average molecular weight is 254 g/mol. The van der Waals surface area contributed by atoms with Crippen molar-refractivity contribution in [2.24, 2.45) is 5.92 Å². The fraction of sp³-hybridized carbons (Fsp3) is 1.00. The van der Waals surface area contributed by atoms with E-state index in [1.165, 1.54) is 38.6 Å². The highest BCUT2D eigenvalue weighted by Gasteiger charge is 2.34. The molecule has 4 unspecified atom stereocenters. The molecule has 0 aromatic carbocycles. The summed E-state index contributed by atoms with van der Waals surface area (Å²) in [4.78, 5) is 2.70. The van der Waals surface area contributed by atoms with Gasteiger partial charge in [-0.25, -0.2) is 0 Å². The fourth-order valence-electron chi connectivity index (χ4n) is 3.71. The van der Waals surface area contributed by atoms with Gasteiger partial charge >= 0.3 is 0 Å². The number of nitrogens with zero attached hydrogens (tertiary/aromatic N) is 1. The molecule has 3 nitrogen and oxygen atoms in total. The summed E-state index contributed by atoms with van der Waals surface area (Å²) in [5.41, 5.74) is 0. The van der Waals surface area contributed by atoms with E-state index in [1.807, 2.05) is 7.11 Å². The first-order chi connectivity index (χ1) is 8.74. The zero-order chi connectivity index (χ0) is 13.0. The van der Waals surface area contributed by atoms with Gasteiger partial charge in [-0.1, -0.05) is 13.8 Å². The lowest BCUT2D eigenvalue weighted by molar-refractivity contribution is -0.00467. The number of nitrogens with one attached hydrogen (secondary N) is 1. The smallest absolute Gasteiger partial charge is 0.0698 e. The molecule has 1 saturated carbocycles. The maximum Gasteiger partial charge on any atom is 0.0698 e. The van der Waals surface area contributed by atoms with Crippen LogP contribution in [0.15, 0.2) is 0 Å². The third-order valence-corrected chi connectivity index (χ3v) is 4.76. The van der Waals surface area contributed by atoms with Crippen LogP contribution in [0.4, 0.5) is 0 Å². The second kappa shape index (κ2) is 6.88. The minimum atomic E-state index is 0.457. The highest BCUT2D eigenvalue weighted by molar-refractivity contribution is 4.92. The Morgan fingerprint density at radius 2 is 2.11 bits per heavy atom. The van der Waals surface area contributed by atoms with Crippen LogP contribution in [0.25, 0.3) is 0 Å². The SMILES string of the molecule is CCNC1CCC(C)CC1N1CCCC(OC)C1. The van der Waals surface area contributed by atoms with E-state index in [1.54, 1.807) is 0 Å². The van der Waals surface area contributed by atoms with Crippen molar-refractivity contribution < 1.29 is 4.74 Å². The molecule has 18 heavy (non-hydrogen) atoms. The number of piperidine rings is 1. The van der Waals surface area contributed by atoms with Gasteiger partial charge in [0.25, 0.3) is 0 Å². The van der Waals surface area contributed by atoms with Crippen LogP contribution in [0.1, 0.15) is 46.0 Å². The standard InChI is InChI=1S/C15H30N2O/c1-4-16-14-8-7-12(2)10-15(14)17-9-5-6-13(11-17)18-3/h12-16H,4-11H2,1-3H3. The van der Waals surface area contributed by atoms with E-state index >= 15 is 0 Å². The van der Waals surface area contributed by atoms with Gasteiger partial charge in [-0.05, 0) is 51.1 Å². The summed E-state index contributed by atoms with van der Waals surface area (Å²) in [5, 5.41) is 3.70. The van der Waals surface area contributed by atoms with Crippen molar-refractivity contribution in [1.82, 2.24) is 10.2 Å². The van der Waals surface area contributed by atoms with E-state index in [4.69, 9.17) is 4.74 Å². The number of methoxy groups -OCH3 is 1. The summed E-state index contributed by atoms with van der Waals surface area (Å²) in [6.45, 7) is 8.13. The summed E-state index contributed by atoms with van der Waals surface area (Å²) in [7, 11) is 1.86. The monoisotopic (exact) mass is 254 g/mol. The Balaban J connectivity index is 1.97. The molecule has 1 saturated heterocycles. The van der Waals surface area contributed by atoms with Gasteiger partial charge in [-0.15, -0.1) is 0 Å². The van der Waals surface area contributed by atoms with Crippen molar-refractivity contribution in [3.63, 3.8) is 0 Å². The van der Waals surface area contributed by atoms with E-state index < -0.39 is 0 Å². The zero-order valence-corrected chi connectivity index (χ0v) is 12.3. The van der Waals surface area contributed by atoms with Gasteiger partial charge in [-0.2, -0.15) is 0 Å². The molecular weight excluding hydrogens is 224 g/mol. The van der Waals surface area contributed by atoms with Crippen LogP contribution in [-0.4, -0.2) is 49.8 Å². The maximum absolute atomic E-state index is 5.57. The van der Waals surface area contributed by atoms with E-state index in [0.29, 0.717) is 12.1 Å². The number of likely N-dealkylation sites (N-methyl/N-ethyl adjacent to an activating group) is 1. The molecule has 0 amide bonds. The van der Waals surface area contributed by atoms with E-state index in [0.717, 1.165) is 25.0 Å². The van der Waals surface area contributed by atoms with Gasteiger partial charge in [-0.3, -0.25) is 4.90 Å². The molecule has 106 valence electrons. The molecule has 0 bridgehead atoms. The Bertz CT molecular complexity index is 247. The summed E-state index contributed by atoms with van der Waals surface area (Å²) in [6.07, 6.45) is 7.07. The molecule has 1 aliphatic heterocycles. The molecule has 0 radical (unpaired) electrons. The maximum atomic E-state index is 5.57. The van der Waals surface area contributed by atoms with Crippen molar-refractivity contribution in [3.8, 4) is 0 Å². The molecule has 0 aromatic heterocycles. The van der Waals surface area contributed by atoms with E-state index in [9.17, 15) is 0 Å². The van der Waals surface area contributed by atoms with Crippen LogP contribution in [-0.2, 0) is 4.74 Å². The van der Waals surface area contributed by atoms with E-state index in [-0.39, 0.29) is 0 Å². The van der Waals surface area contributed by atoms with Gasteiger partial charge in [0.2, 0.25) is 0 Å².